The van der Waals surface area contributed by atoms with E-state index in [0.29, 0.717) is 11.8 Å². The third-order valence-electron chi connectivity index (χ3n) is 3.90. The maximum atomic E-state index is 11.6. The highest BCUT2D eigenvalue weighted by Crippen LogP contribution is 2.38. The predicted octanol–water partition coefficient (Wildman–Crippen LogP) is 2.51. The molecule has 0 aliphatic carbocycles. The zero-order valence-corrected chi connectivity index (χ0v) is 18.8. The van der Waals surface area contributed by atoms with Gasteiger partial charge in [0.15, 0.2) is 11.5 Å². The lowest BCUT2D eigenvalue weighted by molar-refractivity contribution is 0.480. The number of azo groups is 1. The molecule has 4 N–H and O–H groups in total. The molecular weight excluding hydrogens is 470 g/mol. The minimum atomic E-state index is -4.81. The number of nitrogens with zero attached hydrogens (tertiary/aromatic N) is 6. The lowest BCUT2D eigenvalue weighted by atomic mass is 9.91. The lowest BCUT2D eigenvalue weighted by Gasteiger charge is -2.15. The van der Waals surface area contributed by atoms with Crippen LogP contribution in [-0.4, -0.2) is 45.1 Å². The highest BCUT2D eigenvalue weighted by atomic mass is 32.2. The van der Waals surface area contributed by atoms with Crippen LogP contribution in [0.1, 0.15) is 26.5 Å². The Morgan fingerprint density at radius 2 is 1.61 bits per heavy atom. The third-order valence-corrected chi connectivity index (χ3v) is 6.11. The summed E-state index contributed by atoms with van der Waals surface area (Å²) in [5, 5.41) is 12.7. The van der Waals surface area contributed by atoms with E-state index < -0.39 is 35.4 Å². The fraction of sp³-hybridized carbons (Fsp3) is 0.267. The molecule has 0 radical (unpaired) electrons. The zero-order chi connectivity index (χ0) is 23.2. The topological polar surface area (TPSA) is 203 Å². The van der Waals surface area contributed by atoms with Crippen molar-refractivity contribution in [3.63, 3.8) is 0 Å². The van der Waals surface area contributed by atoms with Crippen molar-refractivity contribution in [2.75, 3.05) is 5.73 Å². The number of hydrogen-bond acceptors (Lipinski definition) is 11. The van der Waals surface area contributed by atoms with Gasteiger partial charge in [-0.3, -0.25) is 9.11 Å². The van der Waals surface area contributed by atoms with Crippen LogP contribution in [-0.2, 0) is 25.7 Å². The number of aromatic nitrogens is 4. The Hall–Kier alpha value is -2.79. The number of anilines is 1. The number of hydrogen-bond donors (Lipinski definition) is 3. The van der Waals surface area contributed by atoms with E-state index in [1.165, 1.54) is 6.33 Å². The van der Waals surface area contributed by atoms with E-state index in [4.69, 9.17) is 5.73 Å². The van der Waals surface area contributed by atoms with Crippen LogP contribution >= 0.6 is 11.5 Å². The van der Waals surface area contributed by atoms with Crippen molar-refractivity contribution in [1.29, 1.82) is 0 Å². The van der Waals surface area contributed by atoms with Crippen LogP contribution in [0.5, 0.6) is 0 Å². The average Bonchev–Trinajstić information content (AvgIpc) is 3.25. The Bertz CT molecular complexity index is 1320. The van der Waals surface area contributed by atoms with E-state index >= 15 is 0 Å². The van der Waals surface area contributed by atoms with Crippen LogP contribution in [0, 0.1) is 0 Å². The average molecular weight is 488 g/mol. The van der Waals surface area contributed by atoms with Gasteiger partial charge in [0.2, 0.25) is 5.13 Å². The van der Waals surface area contributed by atoms with Crippen LogP contribution in [0.4, 0.5) is 16.6 Å². The molecule has 0 unspecified atom stereocenters. The molecule has 3 aromatic rings. The van der Waals surface area contributed by atoms with E-state index in [0.717, 1.165) is 28.3 Å². The first-order chi connectivity index (χ1) is 14.2. The van der Waals surface area contributed by atoms with Crippen molar-refractivity contribution in [2.24, 2.45) is 10.2 Å². The summed E-state index contributed by atoms with van der Waals surface area (Å²) < 4.78 is 70.1. The number of rotatable bonds is 5. The molecule has 0 saturated carbocycles. The molecule has 16 heteroatoms. The zero-order valence-electron chi connectivity index (χ0n) is 16.3. The van der Waals surface area contributed by atoms with Crippen molar-refractivity contribution >= 4 is 48.4 Å². The highest BCUT2D eigenvalue weighted by Gasteiger charge is 2.28. The Balaban J connectivity index is 2.28. The molecule has 2 aromatic heterocycles. The van der Waals surface area contributed by atoms with Gasteiger partial charge in [-0.05, 0) is 18.2 Å². The molecule has 0 fully saturated rings. The molecule has 0 bridgehead atoms. The fourth-order valence-electron chi connectivity index (χ4n) is 2.50. The van der Waals surface area contributed by atoms with Crippen molar-refractivity contribution in [2.45, 2.75) is 36.0 Å². The smallest absolute Gasteiger partial charge is 0.294 e. The SMILES string of the molecule is CC(C)(C)c1nn(-c2cc(S(=O)(=O)O)cc(S(=O)(=O)O)c2)c(N)c1N=Nc1ncns1. The van der Waals surface area contributed by atoms with E-state index in [1.54, 1.807) is 0 Å². The molecule has 0 spiro atoms. The van der Waals surface area contributed by atoms with Crippen LogP contribution < -0.4 is 5.73 Å². The Morgan fingerprint density at radius 3 is 2.06 bits per heavy atom. The summed E-state index contributed by atoms with van der Waals surface area (Å²) in [6, 6.07) is 2.51. The molecule has 2 heterocycles. The summed E-state index contributed by atoms with van der Waals surface area (Å²) in [5.74, 6) is -0.0908. The summed E-state index contributed by atoms with van der Waals surface area (Å²) in [6.45, 7) is 5.46. The van der Waals surface area contributed by atoms with Crippen LogP contribution in [0.25, 0.3) is 5.69 Å². The molecule has 0 amide bonds. The number of nitrogens with two attached hydrogens (primary N) is 1. The molecular formula is C15H17N7O6S3. The molecule has 166 valence electrons. The maximum absolute atomic E-state index is 11.6. The van der Waals surface area contributed by atoms with E-state index in [9.17, 15) is 25.9 Å². The third kappa shape index (κ3) is 4.93. The van der Waals surface area contributed by atoms with Crippen LogP contribution in [0.15, 0.2) is 44.5 Å². The molecule has 31 heavy (non-hydrogen) atoms. The van der Waals surface area contributed by atoms with Gasteiger partial charge in [-0.25, -0.2) is 9.67 Å². The first-order valence-electron chi connectivity index (χ1n) is 8.36. The summed E-state index contributed by atoms with van der Waals surface area (Å²) in [5.41, 5.74) is 5.95. The highest BCUT2D eigenvalue weighted by molar-refractivity contribution is 7.86. The van der Waals surface area contributed by atoms with Gasteiger partial charge in [0, 0.05) is 16.9 Å². The van der Waals surface area contributed by atoms with Gasteiger partial charge < -0.3 is 5.73 Å². The first-order valence-corrected chi connectivity index (χ1v) is 12.0. The van der Waals surface area contributed by atoms with Gasteiger partial charge >= 0.3 is 0 Å². The van der Waals surface area contributed by atoms with Crippen LogP contribution in [0.2, 0.25) is 0 Å². The van der Waals surface area contributed by atoms with Gasteiger partial charge in [0.25, 0.3) is 20.2 Å². The lowest BCUT2D eigenvalue weighted by Crippen LogP contribution is -2.13. The van der Waals surface area contributed by atoms with Crippen molar-refractivity contribution in [1.82, 2.24) is 19.1 Å². The summed E-state index contributed by atoms with van der Waals surface area (Å²) >= 11 is 0.995. The molecule has 1 aromatic carbocycles. The van der Waals surface area contributed by atoms with E-state index in [-0.39, 0.29) is 22.3 Å². The minimum Gasteiger partial charge on any atom is -0.382 e. The largest absolute Gasteiger partial charge is 0.382 e. The van der Waals surface area contributed by atoms with Gasteiger partial charge in [0.1, 0.15) is 6.33 Å². The minimum absolute atomic E-state index is 0.0908. The molecule has 0 aliphatic heterocycles. The van der Waals surface area contributed by atoms with Crippen LogP contribution in [0.3, 0.4) is 0 Å². The maximum Gasteiger partial charge on any atom is 0.294 e. The molecule has 13 nitrogen and oxygen atoms in total. The summed E-state index contributed by atoms with van der Waals surface area (Å²) in [7, 11) is -9.63. The van der Waals surface area contributed by atoms with E-state index in [2.05, 4.69) is 24.7 Å². The molecule has 3 rings (SSSR count). The quantitative estimate of drug-likeness (QED) is 0.354. The van der Waals surface area contributed by atoms with E-state index in [1.807, 2.05) is 20.8 Å². The second-order valence-corrected chi connectivity index (χ2v) is 10.9. The Labute approximate surface area is 181 Å². The van der Waals surface area contributed by atoms with Gasteiger partial charge in [0.05, 0.1) is 21.2 Å². The van der Waals surface area contributed by atoms with Crippen molar-refractivity contribution < 1.29 is 25.9 Å². The standard InChI is InChI=1S/C15H17N7O6S3/c1-15(2,3)12-11(19-20-14-17-7-18-29-14)13(16)22(21-12)8-4-9(30(23,24)25)6-10(5-8)31(26,27)28/h4-7H,16H2,1-3H3,(H,23,24,25)(H,26,27,28). The molecule has 0 atom stereocenters. The van der Waals surface area contributed by atoms with Crippen molar-refractivity contribution in [3.05, 3.63) is 30.2 Å². The second-order valence-electron chi connectivity index (χ2n) is 7.28. The number of nitrogen functional groups attached to an aromatic ring is 1. The summed E-state index contributed by atoms with van der Waals surface area (Å²) in [6.07, 6.45) is 1.30. The Morgan fingerprint density at radius 1 is 1.03 bits per heavy atom. The molecule has 0 aliphatic rings. The fourth-order valence-corrected chi connectivity index (χ4v) is 4.03. The normalized spacial score (nSPS) is 13.2. The summed E-state index contributed by atoms with van der Waals surface area (Å²) in [4.78, 5) is 2.33. The van der Waals surface area contributed by atoms with Gasteiger partial charge in [-0.15, -0.1) is 10.2 Å². The van der Waals surface area contributed by atoms with Gasteiger partial charge in [-0.2, -0.15) is 26.3 Å². The second kappa shape index (κ2) is 7.72. The molecule has 0 saturated heterocycles. The first kappa shape index (κ1) is 22.9. The Kier molecular flexibility index (Phi) is 5.70. The number of benzene rings is 1. The predicted molar refractivity (Wildman–Crippen MR) is 110 cm³/mol. The van der Waals surface area contributed by atoms with Crippen molar-refractivity contribution in [3.8, 4) is 5.69 Å². The monoisotopic (exact) mass is 487 g/mol. The van der Waals surface area contributed by atoms with Gasteiger partial charge in [-0.1, -0.05) is 20.8 Å².